The van der Waals surface area contributed by atoms with Gasteiger partial charge in [0.1, 0.15) is 5.60 Å². The van der Waals surface area contributed by atoms with Crippen molar-refractivity contribution in [1.82, 2.24) is 14.7 Å². The fraction of sp³-hybridized carbons (Fsp3) is 0.667. The van der Waals surface area contributed by atoms with E-state index in [-0.39, 0.29) is 11.5 Å². The van der Waals surface area contributed by atoms with Crippen molar-refractivity contribution in [3.05, 3.63) is 11.8 Å². The summed E-state index contributed by atoms with van der Waals surface area (Å²) in [6.45, 7) is 5.85. The van der Waals surface area contributed by atoms with E-state index >= 15 is 0 Å². The topological polar surface area (TPSA) is 56.6 Å². The van der Waals surface area contributed by atoms with Gasteiger partial charge in [-0.25, -0.2) is 4.68 Å². The van der Waals surface area contributed by atoms with Gasteiger partial charge in [0.15, 0.2) is 5.69 Å². The minimum atomic E-state index is -0.205. The molecule has 1 aliphatic rings. The molecule has 1 aliphatic heterocycles. The van der Waals surface area contributed by atoms with Crippen LogP contribution >= 0.6 is 0 Å². The monoisotopic (exact) mass is 253 g/mol. The van der Waals surface area contributed by atoms with Crippen molar-refractivity contribution in [2.45, 2.75) is 19.4 Å². The maximum atomic E-state index is 12.1. The Balaban J connectivity index is 2.01. The van der Waals surface area contributed by atoms with Gasteiger partial charge in [-0.15, -0.1) is 0 Å². The zero-order chi connectivity index (χ0) is 13.3. The van der Waals surface area contributed by atoms with Crippen molar-refractivity contribution in [3.63, 3.8) is 0 Å². The minimum Gasteiger partial charge on any atom is -0.481 e. The van der Waals surface area contributed by atoms with Gasteiger partial charge in [-0.05, 0) is 13.8 Å². The molecule has 2 rings (SSSR count). The van der Waals surface area contributed by atoms with Crippen LogP contribution in [0.15, 0.2) is 6.07 Å². The van der Waals surface area contributed by atoms with Gasteiger partial charge < -0.3 is 14.4 Å². The number of hydrogen-bond acceptors (Lipinski definition) is 4. The maximum Gasteiger partial charge on any atom is 0.274 e. The van der Waals surface area contributed by atoms with Crippen LogP contribution in [0.25, 0.3) is 0 Å². The van der Waals surface area contributed by atoms with E-state index in [9.17, 15) is 4.79 Å². The van der Waals surface area contributed by atoms with Crippen LogP contribution in [-0.4, -0.2) is 53.0 Å². The standard InChI is InChI=1S/C12H19N3O3/c1-5-18-12(2)7-15(8-12)11(16)9-6-10(17-4)14(3)13-9/h6H,5,7-8H2,1-4H3. The SMILES string of the molecule is CCOC1(C)CN(C(=O)c2cc(OC)n(C)n2)C1. The predicted octanol–water partition coefficient (Wildman–Crippen LogP) is 0.680. The van der Waals surface area contributed by atoms with Gasteiger partial charge in [0.25, 0.3) is 5.91 Å². The maximum absolute atomic E-state index is 12.1. The number of likely N-dealkylation sites (tertiary alicyclic amines) is 1. The molecule has 6 nitrogen and oxygen atoms in total. The largest absolute Gasteiger partial charge is 0.481 e. The molecule has 0 unspecified atom stereocenters. The molecule has 1 aromatic heterocycles. The molecule has 6 heteroatoms. The Morgan fingerprint density at radius 3 is 2.72 bits per heavy atom. The Bertz CT molecular complexity index is 449. The fourth-order valence-electron chi connectivity index (χ4n) is 2.25. The van der Waals surface area contributed by atoms with Gasteiger partial charge in [0.2, 0.25) is 5.88 Å². The lowest BCUT2D eigenvalue weighted by atomic mass is 9.96. The highest BCUT2D eigenvalue weighted by molar-refractivity contribution is 5.93. The molecule has 1 saturated heterocycles. The summed E-state index contributed by atoms with van der Waals surface area (Å²) < 4.78 is 12.2. The normalized spacial score (nSPS) is 17.4. The first kappa shape index (κ1) is 12.9. The summed E-state index contributed by atoms with van der Waals surface area (Å²) in [5.74, 6) is 0.498. The smallest absolute Gasteiger partial charge is 0.274 e. The fourth-order valence-corrected chi connectivity index (χ4v) is 2.25. The Morgan fingerprint density at radius 1 is 1.56 bits per heavy atom. The number of rotatable bonds is 4. The van der Waals surface area contributed by atoms with Crippen LogP contribution in [0.2, 0.25) is 0 Å². The predicted molar refractivity (Wildman–Crippen MR) is 65.7 cm³/mol. The van der Waals surface area contributed by atoms with Crippen molar-refractivity contribution in [2.75, 3.05) is 26.8 Å². The second-order valence-electron chi connectivity index (χ2n) is 4.74. The van der Waals surface area contributed by atoms with Crippen molar-refractivity contribution in [2.24, 2.45) is 7.05 Å². The highest BCUT2D eigenvalue weighted by Crippen LogP contribution is 2.26. The Kier molecular flexibility index (Phi) is 3.30. The van der Waals surface area contributed by atoms with Gasteiger partial charge in [-0.3, -0.25) is 4.79 Å². The second kappa shape index (κ2) is 4.61. The summed E-state index contributed by atoms with van der Waals surface area (Å²) in [5.41, 5.74) is 0.205. The highest BCUT2D eigenvalue weighted by atomic mass is 16.5. The molecule has 1 amide bonds. The first-order chi connectivity index (χ1) is 8.49. The molecule has 18 heavy (non-hydrogen) atoms. The minimum absolute atomic E-state index is 0.0777. The van der Waals surface area contributed by atoms with Crippen molar-refractivity contribution >= 4 is 5.91 Å². The lowest BCUT2D eigenvalue weighted by molar-refractivity contribution is -0.113. The summed E-state index contributed by atoms with van der Waals surface area (Å²) in [6.07, 6.45) is 0. The molecule has 0 radical (unpaired) electrons. The van der Waals surface area contributed by atoms with E-state index in [1.165, 1.54) is 0 Å². The van der Waals surface area contributed by atoms with Gasteiger partial charge in [-0.2, -0.15) is 5.10 Å². The van der Waals surface area contributed by atoms with Crippen LogP contribution in [0, 0.1) is 0 Å². The number of methoxy groups -OCH3 is 1. The van der Waals surface area contributed by atoms with Crippen molar-refractivity contribution in [3.8, 4) is 5.88 Å². The highest BCUT2D eigenvalue weighted by Gasteiger charge is 2.42. The first-order valence-corrected chi connectivity index (χ1v) is 6.00. The molecule has 2 heterocycles. The zero-order valence-corrected chi connectivity index (χ0v) is 11.3. The number of carbonyl (C=O) groups excluding carboxylic acids is 1. The average molecular weight is 253 g/mol. The average Bonchev–Trinajstić information content (AvgIpc) is 2.66. The van der Waals surface area contributed by atoms with E-state index in [4.69, 9.17) is 9.47 Å². The summed E-state index contributed by atoms with van der Waals surface area (Å²) in [5, 5.41) is 4.14. The summed E-state index contributed by atoms with van der Waals surface area (Å²) in [4.78, 5) is 13.9. The molecule has 0 aliphatic carbocycles. The van der Waals surface area contributed by atoms with Crippen LogP contribution < -0.4 is 4.74 Å². The van der Waals surface area contributed by atoms with Crippen LogP contribution in [0.5, 0.6) is 5.88 Å². The van der Waals surface area contributed by atoms with Crippen LogP contribution in [0.4, 0.5) is 0 Å². The number of amides is 1. The third-order valence-electron chi connectivity index (χ3n) is 3.10. The van der Waals surface area contributed by atoms with Crippen LogP contribution in [0.3, 0.4) is 0 Å². The van der Waals surface area contributed by atoms with Crippen LogP contribution in [-0.2, 0) is 11.8 Å². The molecule has 1 aromatic rings. The van der Waals surface area contributed by atoms with E-state index in [0.717, 1.165) is 0 Å². The second-order valence-corrected chi connectivity index (χ2v) is 4.74. The van der Waals surface area contributed by atoms with E-state index in [1.807, 2.05) is 13.8 Å². The number of aryl methyl sites for hydroxylation is 1. The lowest BCUT2D eigenvalue weighted by Crippen LogP contribution is -2.63. The number of carbonyl (C=O) groups is 1. The summed E-state index contributed by atoms with van der Waals surface area (Å²) in [6, 6.07) is 1.65. The third kappa shape index (κ3) is 2.20. The molecule has 0 bridgehead atoms. The number of aromatic nitrogens is 2. The van der Waals surface area contributed by atoms with Crippen molar-refractivity contribution in [1.29, 1.82) is 0 Å². The van der Waals surface area contributed by atoms with E-state index < -0.39 is 0 Å². The molecule has 100 valence electrons. The van der Waals surface area contributed by atoms with Gasteiger partial charge in [0.05, 0.1) is 20.2 Å². The molecular weight excluding hydrogens is 234 g/mol. The zero-order valence-electron chi connectivity index (χ0n) is 11.3. The summed E-state index contributed by atoms with van der Waals surface area (Å²) >= 11 is 0. The Labute approximate surface area is 106 Å². The van der Waals surface area contributed by atoms with Crippen molar-refractivity contribution < 1.29 is 14.3 Å². The van der Waals surface area contributed by atoms with E-state index in [1.54, 1.807) is 29.8 Å². The van der Waals surface area contributed by atoms with Gasteiger partial charge in [-0.1, -0.05) is 0 Å². The molecule has 0 saturated carbocycles. The van der Waals surface area contributed by atoms with Crippen LogP contribution in [0.1, 0.15) is 24.3 Å². The van der Waals surface area contributed by atoms with E-state index in [0.29, 0.717) is 31.3 Å². The summed E-state index contributed by atoms with van der Waals surface area (Å²) in [7, 11) is 3.30. The molecule has 1 fully saturated rings. The van der Waals surface area contributed by atoms with Gasteiger partial charge >= 0.3 is 0 Å². The first-order valence-electron chi connectivity index (χ1n) is 6.00. The Morgan fingerprint density at radius 2 is 2.22 bits per heavy atom. The van der Waals surface area contributed by atoms with E-state index in [2.05, 4.69) is 5.10 Å². The number of hydrogen-bond donors (Lipinski definition) is 0. The number of nitrogens with zero attached hydrogens (tertiary/aromatic N) is 3. The number of ether oxygens (including phenoxy) is 2. The quantitative estimate of drug-likeness (QED) is 0.792. The Hall–Kier alpha value is -1.56. The third-order valence-corrected chi connectivity index (χ3v) is 3.10. The molecular formula is C12H19N3O3. The lowest BCUT2D eigenvalue weighted by Gasteiger charge is -2.47. The molecule has 0 N–H and O–H groups in total. The van der Waals surface area contributed by atoms with Gasteiger partial charge in [0, 0.05) is 19.7 Å². The molecule has 0 spiro atoms. The molecule has 0 aromatic carbocycles. The molecule has 0 atom stereocenters.